The molecule has 0 aliphatic carbocycles. The van der Waals surface area contributed by atoms with Gasteiger partial charge in [0.15, 0.2) is 0 Å². The second-order valence-electron chi connectivity index (χ2n) is 2.92. The normalized spacial score (nSPS) is 10.8. The van der Waals surface area contributed by atoms with Crippen molar-refractivity contribution in [1.29, 1.82) is 0 Å². The molecule has 14 heavy (non-hydrogen) atoms. The predicted molar refractivity (Wildman–Crippen MR) is 54.2 cm³/mol. The number of carbonyl (C=O) groups is 1. The Morgan fingerprint density at radius 3 is 2.64 bits per heavy atom. The molecule has 5 nitrogen and oxygen atoms in total. The van der Waals surface area contributed by atoms with Crippen LogP contribution in [0.2, 0.25) is 0 Å². The molecule has 0 fully saturated rings. The molecular formula is C8H11N3O2S. The Morgan fingerprint density at radius 1 is 1.57 bits per heavy atom. The van der Waals surface area contributed by atoms with E-state index in [0.29, 0.717) is 16.1 Å². The molecule has 1 heterocycles. The lowest BCUT2D eigenvalue weighted by molar-refractivity contribution is 0.0701. The quantitative estimate of drug-likeness (QED) is 0.619. The molecule has 0 aromatic carbocycles. The summed E-state index contributed by atoms with van der Waals surface area (Å²) in [5.41, 5.74) is 1.27. The second-order valence-corrected chi connectivity index (χ2v) is 3.80. The topological polar surface area (TPSA) is 65.3 Å². The highest BCUT2D eigenvalue weighted by Gasteiger charge is 2.12. The van der Waals surface area contributed by atoms with Gasteiger partial charge in [-0.1, -0.05) is 5.22 Å². The molecule has 0 unspecified atom stereocenters. The lowest BCUT2D eigenvalue weighted by Crippen LogP contribution is -1.99. The number of hydrogen-bond donors (Lipinski definition) is 1. The molecule has 1 N–H and O–H groups in total. The van der Waals surface area contributed by atoms with Crippen LogP contribution in [0, 0.1) is 6.92 Å². The third kappa shape index (κ3) is 2.29. The van der Waals surface area contributed by atoms with Gasteiger partial charge in [-0.05, 0) is 6.92 Å². The van der Waals surface area contributed by atoms with E-state index < -0.39 is 5.97 Å². The first kappa shape index (κ1) is 10.6. The molecule has 0 atom stereocenters. The molecule has 0 bridgehead atoms. The molecule has 6 heteroatoms. The molecule has 1 aromatic rings. The van der Waals surface area contributed by atoms with Crippen LogP contribution in [0.5, 0.6) is 0 Å². The highest BCUT2D eigenvalue weighted by Crippen LogP contribution is 2.28. The fourth-order valence-corrected chi connectivity index (χ4v) is 1.69. The Hall–Kier alpha value is -1.43. The van der Waals surface area contributed by atoms with Gasteiger partial charge in [0, 0.05) is 25.0 Å². The van der Waals surface area contributed by atoms with Crippen molar-refractivity contribution in [1.82, 2.24) is 5.01 Å². The summed E-state index contributed by atoms with van der Waals surface area (Å²) < 4.78 is 0. The van der Waals surface area contributed by atoms with Gasteiger partial charge < -0.3 is 5.11 Å². The third-order valence-corrected chi connectivity index (χ3v) is 2.60. The average molecular weight is 213 g/mol. The number of hydrogen-bond acceptors (Lipinski definition) is 4. The minimum absolute atomic E-state index is 0.317. The summed E-state index contributed by atoms with van der Waals surface area (Å²) in [5, 5.41) is 19.7. The zero-order valence-electron chi connectivity index (χ0n) is 8.18. The van der Waals surface area contributed by atoms with Gasteiger partial charge in [0.2, 0.25) is 0 Å². The number of rotatable bonds is 3. The highest BCUT2D eigenvalue weighted by atomic mass is 32.1. The van der Waals surface area contributed by atoms with E-state index in [9.17, 15) is 4.79 Å². The smallest absolute Gasteiger partial charge is 0.346 e. The van der Waals surface area contributed by atoms with Crippen molar-refractivity contribution >= 4 is 23.0 Å². The Balaban J connectivity index is 2.96. The lowest BCUT2D eigenvalue weighted by Gasteiger charge is -1.99. The number of carboxylic acid groups (broad SMARTS) is 1. The predicted octanol–water partition coefficient (Wildman–Crippen LogP) is 2.32. The maximum atomic E-state index is 10.7. The van der Waals surface area contributed by atoms with E-state index in [4.69, 9.17) is 5.11 Å². The van der Waals surface area contributed by atoms with Crippen LogP contribution in [-0.2, 0) is 0 Å². The zero-order chi connectivity index (χ0) is 10.7. The fraction of sp³-hybridized carbons (Fsp3) is 0.375. The van der Waals surface area contributed by atoms with Crippen LogP contribution in [0.1, 0.15) is 15.2 Å². The van der Waals surface area contributed by atoms with Crippen molar-refractivity contribution in [2.24, 2.45) is 10.3 Å². The molecule has 1 rings (SSSR count). The minimum atomic E-state index is -0.918. The van der Waals surface area contributed by atoms with Gasteiger partial charge in [0.1, 0.15) is 10.6 Å². The Kier molecular flexibility index (Phi) is 3.19. The van der Waals surface area contributed by atoms with Crippen LogP contribution in [0.3, 0.4) is 0 Å². The fourth-order valence-electron chi connectivity index (χ4n) is 0.855. The summed E-state index contributed by atoms with van der Waals surface area (Å²) in [6.45, 7) is 1.73. The monoisotopic (exact) mass is 213 g/mol. The molecule has 0 amide bonds. The summed E-state index contributed by atoms with van der Waals surface area (Å²) in [4.78, 5) is 11.0. The van der Waals surface area contributed by atoms with Crippen molar-refractivity contribution in [2.45, 2.75) is 6.92 Å². The van der Waals surface area contributed by atoms with Crippen LogP contribution in [0.4, 0.5) is 5.69 Å². The first-order valence-electron chi connectivity index (χ1n) is 3.92. The van der Waals surface area contributed by atoms with Crippen molar-refractivity contribution in [3.05, 3.63) is 15.8 Å². The molecular weight excluding hydrogens is 202 g/mol. The van der Waals surface area contributed by atoms with Gasteiger partial charge in [-0.2, -0.15) is 0 Å². The minimum Gasteiger partial charge on any atom is -0.477 e. The van der Waals surface area contributed by atoms with Crippen LogP contribution < -0.4 is 0 Å². The maximum absolute atomic E-state index is 10.7. The van der Waals surface area contributed by atoms with Crippen LogP contribution in [0.25, 0.3) is 0 Å². The van der Waals surface area contributed by atoms with Crippen LogP contribution >= 0.6 is 11.3 Å². The first-order chi connectivity index (χ1) is 6.52. The SMILES string of the molecule is Cc1c(N=NN(C)C)csc1C(=O)O. The van der Waals surface area contributed by atoms with E-state index in [2.05, 4.69) is 10.3 Å². The summed E-state index contributed by atoms with van der Waals surface area (Å²) in [7, 11) is 3.51. The van der Waals surface area contributed by atoms with Crippen molar-refractivity contribution in [2.75, 3.05) is 14.1 Å². The van der Waals surface area contributed by atoms with Crippen molar-refractivity contribution in [3.8, 4) is 0 Å². The number of nitrogens with zero attached hydrogens (tertiary/aromatic N) is 3. The van der Waals surface area contributed by atoms with Gasteiger partial charge in [-0.15, -0.1) is 16.5 Å². The average Bonchev–Trinajstić information content (AvgIpc) is 2.43. The molecule has 0 aliphatic rings. The number of thiophene rings is 1. The summed E-state index contributed by atoms with van der Waals surface area (Å²) >= 11 is 1.16. The summed E-state index contributed by atoms with van der Waals surface area (Å²) in [5.74, 6) is -0.918. The van der Waals surface area contributed by atoms with Gasteiger partial charge in [0.05, 0.1) is 0 Å². The van der Waals surface area contributed by atoms with E-state index in [1.54, 1.807) is 31.4 Å². The number of aromatic carboxylic acids is 1. The molecule has 0 saturated heterocycles. The third-order valence-electron chi connectivity index (χ3n) is 1.54. The molecule has 0 saturated carbocycles. The van der Waals surface area contributed by atoms with E-state index in [1.807, 2.05) is 0 Å². The summed E-state index contributed by atoms with van der Waals surface area (Å²) in [6.07, 6.45) is 0. The Bertz CT molecular complexity index is 371. The van der Waals surface area contributed by atoms with E-state index in [-0.39, 0.29) is 0 Å². The molecule has 1 aromatic heterocycles. The molecule has 0 aliphatic heterocycles. The van der Waals surface area contributed by atoms with Gasteiger partial charge >= 0.3 is 5.97 Å². The molecule has 76 valence electrons. The maximum Gasteiger partial charge on any atom is 0.346 e. The Morgan fingerprint density at radius 2 is 2.21 bits per heavy atom. The van der Waals surface area contributed by atoms with Crippen LogP contribution in [-0.4, -0.2) is 30.2 Å². The van der Waals surface area contributed by atoms with Crippen molar-refractivity contribution in [3.63, 3.8) is 0 Å². The zero-order valence-corrected chi connectivity index (χ0v) is 9.00. The lowest BCUT2D eigenvalue weighted by atomic mass is 10.2. The van der Waals surface area contributed by atoms with E-state index in [0.717, 1.165) is 11.3 Å². The van der Waals surface area contributed by atoms with E-state index in [1.165, 1.54) is 0 Å². The van der Waals surface area contributed by atoms with Gasteiger partial charge in [-0.25, -0.2) is 4.79 Å². The Labute approximate surface area is 85.7 Å². The van der Waals surface area contributed by atoms with Crippen LogP contribution in [0.15, 0.2) is 15.7 Å². The van der Waals surface area contributed by atoms with Gasteiger partial charge in [0.25, 0.3) is 0 Å². The standard InChI is InChI=1S/C8H11N3O2S/c1-5-6(9-10-11(2)3)4-14-7(5)8(12)13/h4H,1-3H3,(H,12,13). The van der Waals surface area contributed by atoms with Crippen molar-refractivity contribution < 1.29 is 9.90 Å². The molecule has 0 radical (unpaired) electrons. The van der Waals surface area contributed by atoms with Gasteiger partial charge in [-0.3, -0.25) is 5.01 Å². The first-order valence-corrected chi connectivity index (χ1v) is 4.80. The summed E-state index contributed by atoms with van der Waals surface area (Å²) in [6, 6.07) is 0. The highest BCUT2D eigenvalue weighted by molar-refractivity contribution is 7.12. The number of carboxylic acids is 1. The molecule has 0 spiro atoms. The largest absolute Gasteiger partial charge is 0.477 e. The van der Waals surface area contributed by atoms with E-state index >= 15 is 0 Å². The second kappa shape index (κ2) is 4.19.